The minimum Gasteiger partial charge on any atom is -0.340 e. The molecule has 0 unspecified atom stereocenters. The molecule has 0 saturated heterocycles. The molecule has 0 bridgehead atoms. The van der Waals surface area contributed by atoms with Crippen LogP contribution in [-0.4, -0.2) is 10.5 Å². The van der Waals surface area contributed by atoms with Crippen molar-refractivity contribution in [2.45, 2.75) is 13.5 Å². The highest BCUT2D eigenvalue weighted by molar-refractivity contribution is 6.11. The molecule has 0 fully saturated rings. The van der Waals surface area contributed by atoms with Crippen LogP contribution in [0.3, 0.4) is 0 Å². The van der Waals surface area contributed by atoms with Gasteiger partial charge in [0.1, 0.15) is 11.6 Å². The van der Waals surface area contributed by atoms with E-state index in [1.54, 1.807) is 6.08 Å². The molecular weight excluding hydrogens is 370 g/mol. The third kappa shape index (κ3) is 3.49. The first-order chi connectivity index (χ1) is 14.6. The lowest BCUT2D eigenvalue weighted by atomic mass is 10.1. The normalized spacial score (nSPS) is 11.4. The van der Waals surface area contributed by atoms with Crippen LogP contribution in [0.2, 0.25) is 0 Å². The Bertz CT molecular complexity index is 1350. The lowest BCUT2D eigenvalue weighted by molar-refractivity contribution is -0.112. The Kier molecular flexibility index (Phi) is 5.19. The van der Waals surface area contributed by atoms with Crippen LogP contribution >= 0.6 is 0 Å². The molecular formula is C26H21N3O. The molecule has 4 aromatic rings. The number of nitriles is 1. The number of carbonyl (C=O) groups excluding carboxylic acids is 1. The lowest BCUT2D eigenvalue weighted by Gasteiger charge is -2.06. The average Bonchev–Trinajstić information content (AvgIpc) is 3.03. The maximum Gasteiger partial charge on any atom is 0.266 e. The Hall–Kier alpha value is -4.10. The van der Waals surface area contributed by atoms with E-state index in [4.69, 9.17) is 0 Å². The summed E-state index contributed by atoms with van der Waals surface area (Å²) < 4.78 is 2.13. The molecule has 1 amide bonds. The van der Waals surface area contributed by atoms with Crippen LogP contribution in [-0.2, 0) is 11.3 Å². The van der Waals surface area contributed by atoms with Crippen molar-refractivity contribution < 1.29 is 4.79 Å². The summed E-state index contributed by atoms with van der Waals surface area (Å²) in [5.74, 6) is -0.423. The predicted molar refractivity (Wildman–Crippen MR) is 123 cm³/mol. The average molecular weight is 391 g/mol. The van der Waals surface area contributed by atoms with Gasteiger partial charge in [-0.15, -0.1) is 6.58 Å². The van der Waals surface area contributed by atoms with Gasteiger partial charge in [-0.05, 0) is 42.0 Å². The topological polar surface area (TPSA) is 57.8 Å². The highest BCUT2D eigenvalue weighted by atomic mass is 16.1. The third-order valence-corrected chi connectivity index (χ3v) is 5.25. The number of rotatable bonds is 5. The molecule has 4 heteroatoms. The summed E-state index contributed by atoms with van der Waals surface area (Å²) in [6.45, 7) is 6.48. The predicted octanol–water partition coefficient (Wildman–Crippen LogP) is 5.83. The third-order valence-electron chi connectivity index (χ3n) is 5.25. The zero-order valence-electron chi connectivity index (χ0n) is 16.7. The molecule has 4 nitrogen and oxygen atoms in total. The van der Waals surface area contributed by atoms with Crippen molar-refractivity contribution in [2.24, 2.45) is 0 Å². The van der Waals surface area contributed by atoms with Crippen molar-refractivity contribution in [3.05, 3.63) is 96.2 Å². The molecule has 0 atom stereocenters. The van der Waals surface area contributed by atoms with E-state index in [1.165, 1.54) is 0 Å². The second-order valence-electron chi connectivity index (χ2n) is 7.10. The number of aromatic nitrogens is 1. The molecule has 0 aliphatic heterocycles. The molecule has 0 aliphatic rings. The number of benzene rings is 3. The number of hydrogen-bond donors (Lipinski definition) is 1. The van der Waals surface area contributed by atoms with Gasteiger partial charge in [-0.2, -0.15) is 5.26 Å². The SMILES string of the molecule is C=CCn1c(C)c(/C=C(\C#N)C(=O)Nc2ccc3ccccc3c2)c2ccccc21. The van der Waals surface area contributed by atoms with E-state index in [0.29, 0.717) is 12.2 Å². The summed E-state index contributed by atoms with van der Waals surface area (Å²) in [5, 5.41) is 15.7. The minimum absolute atomic E-state index is 0.0627. The number of anilines is 1. The lowest BCUT2D eigenvalue weighted by Crippen LogP contribution is -2.13. The van der Waals surface area contributed by atoms with E-state index in [1.807, 2.05) is 79.7 Å². The summed E-state index contributed by atoms with van der Waals surface area (Å²) >= 11 is 0. The van der Waals surface area contributed by atoms with Gasteiger partial charge in [-0.3, -0.25) is 4.79 Å². The number of nitrogens with zero attached hydrogens (tertiary/aromatic N) is 2. The van der Waals surface area contributed by atoms with Crippen LogP contribution < -0.4 is 5.32 Å². The van der Waals surface area contributed by atoms with Crippen LogP contribution in [0.1, 0.15) is 11.3 Å². The van der Waals surface area contributed by atoms with Gasteiger partial charge in [-0.25, -0.2) is 0 Å². The van der Waals surface area contributed by atoms with Crippen LogP contribution in [0.5, 0.6) is 0 Å². The highest BCUT2D eigenvalue weighted by Crippen LogP contribution is 2.28. The second-order valence-corrected chi connectivity index (χ2v) is 7.10. The Morgan fingerprint density at radius 1 is 1.10 bits per heavy atom. The van der Waals surface area contributed by atoms with Crippen molar-refractivity contribution in [3.63, 3.8) is 0 Å². The van der Waals surface area contributed by atoms with Gasteiger partial charge in [0.2, 0.25) is 0 Å². The molecule has 0 saturated carbocycles. The van der Waals surface area contributed by atoms with E-state index in [0.717, 1.165) is 32.9 Å². The van der Waals surface area contributed by atoms with Gasteiger partial charge in [0.25, 0.3) is 5.91 Å². The largest absolute Gasteiger partial charge is 0.340 e. The zero-order valence-corrected chi connectivity index (χ0v) is 16.7. The first kappa shape index (κ1) is 19.2. The summed E-state index contributed by atoms with van der Waals surface area (Å²) in [6.07, 6.45) is 3.51. The van der Waals surface area contributed by atoms with Gasteiger partial charge < -0.3 is 9.88 Å². The van der Waals surface area contributed by atoms with Crippen molar-refractivity contribution in [3.8, 4) is 6.07 Å². The second kappa shape index (κ2) is 8.10. The number of nitrogens with one attached hydrogen (secondary N) is 1. The maximum absolute atomic E-state index is 12.8. The van der Waals surface area contributed by atoms with Crippen LogP contribution in [0.25, 0.3) is 27.8 Å². The molecule has 1 N–H and O–H groups in total. The molecule has 1 aromatic heterocycles. The number of para-hydroxylation sites is 1. The molecule has 146 valence electrons. The quantitative estimate of drug-likeness (QED) is 0.264. The number of allylic oxidation sites excluding steroid dienone is 1. The molecule has 30 heavy (non-hydrogen) atoms. The first-order valence-electron chi connectivity index (χ1n) is 9.73. The molecule has 0 radical (unpaired) electrons. The summed E-state index contributed by atoms with van der Waals surface area (Å²) in [6, 6.07) is 23.7. The van der Waals surface area contributed by atoms with E-state index in [9.17, 15) is 10.1 Å². The number of fused-ring (bicyclic) bond motifs is 2. The van der Waals surface area contributed by atoms with E-state index in [2.05, 4.69) is 22.5 Å². The standard InChI is InChI=1S/C26H21N3O/c1-3-14-29-18(2)24(23-10-6-7-11-25(23)29)16-21(17-27)26(30)28-22-13-12-19-8-4-5-9-20(19)15-22/h3-13,15-16H,1,14H2,2H3,(H,28,30)/b21-16+. The van der Waals surface area contributed by atoms with Crippen molar-refractivity contribution in [1.29, 1.82) is 5.26 Å². The molecule has 1 heterocycles. The molecule has 0 aliphatic carbocycles. The Balaban J connectivity index is 1.71. The smallest absolute Gasteiger partial charge is 0.266 e. The number of hydrogen-bond acceptors (Lipinski definition) is 2. The maximum atomic E-state index is 12.8. The van der Waals surface area contributed by atoms with E-state index >= 15 is 0 Å². The van der Waals surface area contributed by atoms with Gasteiger partial charge in [0.15, 0.2) is 0 Å². The first-order valence-corrected chi connectivity index (χ1v) is 9.73. The monoisotopic (exact) mass is 391 g/mol. The Morgan fingerprint density at radius 2 is 1.83 bits per heavy atom. The van der Waals surface area contributed by atoms with Crippen LogP contribution in [0.4, 0.5) is 5.69 Å². The summed E-state index contributed by atoms with van der Waals surface area (Å²) in [5.41, 5.74) is 3.63. The fourth-order valence-corrected chi connectivity index (χ4v) is 3.76. The summed E-state index contributed by atoms with van der Waals surface area (Å²) in [7, 11) is 0. The Labute approximate surface area is 175 Å². The number of carbonyl (C=O) groups is 1. The van der Waals surface area contributed by atoms with Gasteiger partial charge >= 0.3 is 0 Å². The van der Waals surface area contributed by atoms with E-state index in [-0.39, 0.29) is 5.57 Å². The molecule has 4 rings (SSSR count). The van der Waals surface area contributed by atoms with E-state index < -0.39 is 5.91 Å². The highest BCUT2D eigenvalue weighted by Gasteiger charge is 2.15. The minimum atomic E-state index is -0.423. The van der Waals surface area contributed by atoms with Crippen LogP contribution in [0, 0.1) is 18.3 Å². The fourth-order valence-electron chi connectivity index (χ4n) is 3.76. The van der Waals surface area contributed by atoms with Gasteiger partial charge in [0, 0.05) is 34.4 Å². The molecule has 0 spiro atoms. The zero-order chi connectivity index (χ0) is 21.1. The van der Waals surface area contributed by atoms with Gasteiger partial charge in [-0.1, -0.05) is 54.6 Å². The molecule has 3 aromatic carbocycles. The van der Waals surface area contributed by atoms with Gasteiger partial charge in [0.05, 0.1) is 0 Å². The van der Waals surface area contributed by atoms with Crippen LogP contribution in [0.15, 0.2) is 85.0 Å². The number of amides is 1. The fraction of sp³-hybridized carbons (Fsp3) is 0.0769. The van der Waals surface area contributed by atoms with Crippen molar-refractivity contribution in [2.75, 3.05) is 5.32 Å². The van der Waals surface area contributed by atoms with Crippen molar-refractivity contribution >= 4 is 39.3 Å². The summed E-state index contributed by atoms with van der Waals surface area (Å²) in [4.78, 5) is 12.8. The van der Waals surface area contributed by atoms with Crippen molar-refractivity contribution in [1.82, 2.24) is 4.57 Å². The Morgan fingerprint density at radius 3 is 2.60 bits per heavy atom.